The highest BCUT2D eigenvalue weighted by atomic mass is 35.5. The Hall–Kier alpha value is -1.08. The van der Waals surface area contributed by atoms with Crippen LogP contribution in [0.4, 0.5) is 0 Å². The Balaban J connectivity index is 3.07. The van der Waals surface area contributed by atoms with Crippen LogP contribution in [0.1, 0.15) is 10.4 Å². The van der Waals surface area contributed by atoms with Crippen LogP contribution in [0.5, 0.6) is 0 Å². The number of nitrogens with one attached hydrogen (secondary N) is 1. The second-order valence-electron chi connectivity index (χ2n) is 2.59. The van der Waals surface area contributed by atoms with E-state index < -0.39 is 13.0 Å². The first-order valence-electron chi connectivity index (χ1n) is 3.72. The summed E-state index contributed by atoms with van der Waals surface area (Å²) in [6, 6.07) is 4.03. The molecular weight excluding hydrogens is 206 g/mol. The number of amides is 1. The summed E-state index contributed by atoms with van der Waals surface area (Å²) in [5.74, 6) is 4.38. The average Bonchev–Trinajstić information content (AvgIpc) is 2.16. The van der Waals surface area contributed by atoms with E-state index in [2.05, 4.69) is 0 Å². The molecule has 0 aliphatic rings. The minimum absolute atomic E-state index is 0.110. The third kappa shape index (κ3) is 2.24. The molecule has 0 aromatic heterocycles. The Bertz CT molecular complexity index is 359. The lowest BCUT2D eigenvalue weighted by molar-refractivity contribution is 0.0954. The van der Waals surface area contributed by atoms with Gasteiger partial charge in [0.25, 0.3) is 5.91 Å². The van der Waals surface area contributed by atoms with Gasteiger partial charge in [-0.1, -0.05) is 17.7 Å². The van der Waals surface area contributed by atoms with Crippen molar-refractivity contribution in [1.82, 2.24) is 5.43 Å². The summed E-state index contributed by atoms with van der Waals surface area (Å²) >= 11 is 5.71. The van der Waals surface area contributed by atoms with Gasteiger partial charge in [0.2, 0.25) is 0 Å². The molecule has 0 unspecified atom stereocenters. The van der Waals surface area contributed by atoms with Crippen LogP contribution >= 0.6 is 11.6 Å². The standard InChI is InChI=1S/C7H8BClN2O3/c9-6-3-4(8(13)14)1-2-5(6)7(12)11-10/h1-3,13-14H,10H2,(H,11,12). The van der Waals surface area contributed by atoms with Gasteiger partial charge in [0.1, 0.15) is 0 Å². The fourth-order valence-corrected chi connectivity index (χ4v) is 1.23. The number of hydrazine groups is 1. The predicted octanol–water partition coefficient (Wildman–Crippen LogP) is -1.38. The van der Waals surface area contributed by atoms with Gasteiger partial charge in [0.15, 0.2) is 0 Å². The van der Waals surface area contributed by atoms with E-state index in [0.29, 0.717) is 0 Å². The lowest BCUT2D eigenvalue weighted by Gasteiger charge is -2.04. The van der Waals surface area contributed by atoms with Crippen LogP contribution in [0.3, 0.4) is 0 Å². The molecular formula is C7H8BClN2O3. The SMILES string of the molecule is NNC(=O)c1ccc(B(O)O)cc1Cl. The molecule has 0 atom stereocenters. The molecule has 1 rings (SSSR count). The third-order valence-corrected chi connectivity index (χ3v) is 1.98. The van der Waals surface area contributed by atoms with Crippen molar-refractivity contribution in [3.8, 4) is 0 Å². The highest BCUT2D eigenvalue weighted by Crippen LogP contribution is 2.13. The van der Waals surface area contributed by atoms with Crippen molar-refractivity contribution in [3.63, 3.8) is 0 Å². The summed E-state index contributed by atoms with van der Waals surface area (Å²) in [5.41, 5.74) is 2.31. The van der Waals surface area contributed by atoms with E-state index in [1.807, 2.05) is 5.43 Å². The van der Waals surface area contributed by atoms with Crippen LogP contribution < -0.4 is 16.7 Å². The second-order valence-corrected chi connectivity index (χ2v) is 2.99. The molecule has 0 saturated carbocycles. The van der Waals surface area contributed by atoms with Gasteiger partial charge in [-0.15, -0.1) is 0 Å². The molecule has 74 valence electrons. The third-order valence-electron chi connectivity index (χ3n) is 1.67. The summed E-state index contributed by atoms with van der Waals surface area (Å²) in [6.45, 7) is 0. The number of hydrogen-bond acceptors (Lipinski definition) is 4. The maximum absolute atomic E-state index is 11.1. The summed E-state index contributed by atoms with van der Waals surface area (Å²) in [4.78, 5) is 11.1. The van der Waals surface area contributed by atoms with Crippen molar-refractivity contribution in [2.24, 2.45) is 5.84 Å². The number of nitrogen functional groups attached to an aromatic ring is 1. The highest BCUT2D eigenvalue weighted by molar-refractivity contribution is 6.59. The molecule has 0 radical (unpaired) electrons. The number of hydrogen-bond donors (Lipinski definition) is 4. The zero-order chi connectivity index (χ0) is 10.7. The summed E-state index contributed by atoms with van der Waals surface area (Å²) < 4.78 is 0. The minimum Gasteiger partial charge on any atom is -0.423 e. The average molecular weight is 214 g/mol. The highest BCUT2D eigenvalue weighted by Gasteiger charge is 2.15. The Morgan fingerprint density at radius 2 is 2.14 bits per heavy atom. The molecule has 0 spiro atoms. The molecule has 0 saturated heterocycles. The van der Waals surface area contributed by atoms with E-state index >= 15 is 0 Å². The molecule has 0 heterocycles. The van der Waals surface area contributed by atoms with Gasteiger partial charge in [0.05, 0.1) is 10.6 Å². The van der Waals surface area contributed by atoms with E-state index in [1.54, 1.807) is 0 Å². The summed E-state index contributed by atoms with van der Waals surface area (Å²) in [7, 11) is -1.61. The van der Waals surface area contributed by atoms with Crippen LogP contribution in [-0.2, 0) is 0 Å². The smallest absolute Gasteiger partial charge is 0.423 e. The van der Waals surface area contributed by atoms with Crippen molar-refractivity contribution in [3.05, 3.63) is 28.8 Å². The van der Waals surface area contributed by atoms with Crippen molar-refractivity contribution in [2.45, 2.75) is 0 Å². The van der Waals surface area contributed by atoms with Crippen molar-refractivity contribution in [2.75, 3.05) is 0 Å². The van der Waals surface area contributed by atoms with E-state index in [0.717, 1.165) is 0 Å². The van der Waals surface area contributed by atoms with Crippen molar-refractivity contribution in [1.29, 1.82) is 0 Å². The fraction of sp³-hybridized carbons (Fsp3) is 0. The van der Waals surface area contributed by atoms with Crippen molar-refractivity contribution >= 4 is 30.1 Å². The first kappa shape index (κ1) is 11.0. The molecule has 14 heavy (non-hydrogen) atoms. The van der Waals surface area contributed by atoms with Crippen LogP contribution in [0.15, 0.2) is 18.2 Å². The molecule has 7 heteroatoms. The summed E-state index contributed by atoms with van der Waals surface area (Å²) in [5, 5.41) is 17.7. The molecule has 1 aromatic carbocycles. The monoisotopic (exact) mass is 214 g/mol. The predicted molar refractivity (Wildman–Crippen MR) is 52.9 cm³/mol. The molecule has 0 bridgehead atoms. The number of carbonyl (C=O) groups is 1. The number of halogens is 1. The lowest BCUT2D eigenvalue weighted by Crippen LogP contribution is -2.32. The maximum atomic E-state index is 11.1. The van der Waals surface area contributed by atoms with Crippen LogP contribution in [0.25, 0.3) is 0 Å². The largest absolute Gasteiger partial charge is 0.488 e. The van der Waals surface area contributed by atoms with Gasteiger partial charge < -0.3 is 10.0 Å². The summed E-state index contributed by atoms with van der Waals surface area (Å²) in [6.07, 6.45) is 0. The molecule has 0 aliphatic carbocycles. The molecule has 5 nitrogen and oxygen atoms in total. The van der Waals surface area contributed by atoms with Gasteiger partial charge in [-0.25, -0.2) is 5.84 Å². The van der Waals surface area contributed by atoms with Crippen LogP contribution in [0.2, 0.25) is 5.02 Å². The van der Waals surface area contributed by atoms with Gasteiger partial charge in [-0.05, 0) is 17.6 Å². The number of rotatable bonds is 2. The molecule has 1 amide bonds. The van der Waals surface area contributed by atoms with Crippen LogP contribution in [0, 0.1) is 0 Å². The minimum atomic E-state index is -1.61. The maximum Gasteiger partial charge on any atom is 0.488 e. The van der Waals surface area contributed by atoms with E-state index in [9.17, 15) is 4.79 Å². The fourth-order valence-electron chi connectivity index (χ4n) is 0.954. The van der Waals surface area contributed by atoms with Gasteiger partial charge in [-0.2, -0.15) is 0 Å². The Kier molecular flexibility index (Phi) is 3.48. The first-order valence-corrected chi connectivity index (χ1v) is 4.10. The van der Waals surface area contributed by atoms with E-state index in [1.165, 1.54) is 18.2 Å². The zero-order valence-electron chi connectivity index (χ0n) is 7.07. The lowest BCUT2D eigenvalue weighted by atomic mass is 9.80. The van der Waals surface area contributed by atoms with Gasteiger partial charge in [-0.3, -0.25) is 10.2 Å². The number of benzene rings is 1. The zero-order valence-corrected chi connectivity index (χ0v) is 7.82. The quantitative estimate of drug-likeness (QED) is 0.211. The Morgan fingerprint density at radius 1 is 1.50 bits per heavy atom. The van der Waals surface area contributed by atoms with E-state index in [4.69, 9.17) is 27.5 Å². The molecule has 0 aliphatic heterocycles. The second kappa shape index (κ2) is 4.43. The molecule has 5 N–H and O–H groups in total. The van der Waals surface area contributed by atoms with Gasteiger partial charge >= 0.3 is 7.12 Å². The van der Waals surface area contributed by atoms with Gasteiger partial charge in [0, 0.05) is 0 Å². The van der Waals surface area contributed by atoms with Crippen LogP contribution in [-0.4, -0.2) is 23.1 Å². The molecule has 0 fully saturated rings. The van der Waals surface area contributed by atoms with Crippen molar-refractivity contribution < 1.29 is 14.8 Å². The normalized spacial score (nSPS) is 9.71. The Labute approximate surface area is 85.6 Å². The topological polar surface area (TPSA) is 95.6 Å². The Morgan fingerprint density at radius 3 is 2.57 bits per heavy atom. The van der Waals surface area contributed by atoms with E-state index in [-0.39, 0.29) is 16.0 Å². The number of nitrogens with two attached hydrogens (primary N) is 1. The molecule has 1 aromatic rings. The number of carbonyl (C=O) groups excluding carboxylic acids is 1. The first-order chi connectivity index (χ1) is 6.56.